The molecule has 132 valence electrons. The summed E-state index contributed by atoms with van der Waals surface area (Å²) in [5.41, 5.74) is 7.93. The minimum Gasteiger partial charge on any atom is -0.466 e. The van der Waals surface area contributed by atoms with Gasteiger partial charge in [-0.15, -0.1) is 0 Å². The molecule has 2 rings (SSSR count). The second-order valence-corrected chi connectivity index (χ2v) is 5.44. The number of amides is 1. The lowest BCUT2D eigenvalue weighted by Crippen LogP contribution is -2.31. The fourth-order valence-corrected chi connectivity index (χ4v) is 2.32. The summed E-state index contributed by atoms with van der Waals surface area (Å²) < 4.78 is 10.2. The van der Waals surface area contributed by atoms with Crippen LogP contribution in [0.1, 0.15) is 30.5 Å². The summed E-state index contributed by atoms with van der Waals surface area (Å²) in [5, 5.41) is 2.70. The van der Waals surface area contributed by atoms with Crippen molar-refractivity contribution in [2.24, 2.45) is 0 Å². The molecule has 2 aromatic rings. The standard InChI is InChI=1S/C19H22N2O4/c1-2-24-18(22)12-17(15-9-6-10-16(20)11-15)21-19(23)25-13-14-7-4-3-5-8-14/h3-11,17H,2,12-13,20H2,1H3,(H,21,23). The highest BCUT2D eigenvalue weighted by Crippen LogP contribution is 2.20. The molecule has 0 aliphatic heterocycles. The topological polar surface area (TPSA) is 90.6 Å². The Morgan fingerprint density at radius 3 is 2.52 bits per heavy atom. The number of rotatable bonds is 7. The van der Waals surface area contributed by atoms with Gasteiger partial charge >= 0.3 is 12.1 Å². The molecule has 0 aromatic heterocycles. The van der Waals surface area contributed by atoms with Crippen LogP contribution in [0.15, 0.2) is 54.6 Å². The number of anilines is 1. The molecule has 0 aliphatic carbocycles. The largest absolute Gasteiger partial charge is 0.466 e. The summed E-state index contributed by atoms with van der Waals surface area (Å²) in [5.74, 6) is -0.404. The number of carbonyl (C=O) groups is 2. The first-order valence-electron chi connectivity index (χ1n) is 8.06. The van der Waals surface area contributed by atoms with Crippen molar-refractivity contribution in [2.75, 3.05) is 12.3 Å². The van der Waals surface area contributed by atoms with E-state index in [1.165, 1.54) is 0 Å². The molecule has 6 nitrogen and oxygen atoms in total. The van der Waals surface area contributed by atoms with Gasteiger partial charge in [0.1, 0.15) is 6.61 Å². The highest BCUT2D eigenvalue weighted by molar-refractivity contribution is 5.73. The Kier molecular flexibility index (Phi) is 6.83. The Hall–Kier alpha value is -3.02. The van der Waals surface area contributed by atoms with Gasteiger partial charge < -0.3 is 20.5 Å². The first-order valence-corrected chi connectivity index (χ1v) is 8.06. The maximum Gasteiger partial charge on any atom is 0.407 e. The Morgan fingerprint density at radius 2 is 1.84 bits per heavy atom. The highest BCUT2D eigenvalue weighted by atomic mass is 16.5. The maximum absolute atomic E-state index is 12.1. The van der Waals surface area contributed by atoms with Crippen LogP contribution < -0.4 is 11.1 Å². The average molecular weight is 342 g/mol. The van der Waals surface area contributed by atoms with Crippen molar-refractivity contribution in [1.29, 1.82) is 0 Å². The normalized spacial score (nSPS) is 11.4. The SMILES string of the molecule is CCOC(=O)CC(NC(=O)OCc1ccccc1)c1cccc(N)c1. The highest BCUT2D eigenvalue weighted by Gasteiger charge is 2.20. The monoisotopic (exact) mass is 342 g/mol. The number of benzene rings is 2. The first kappa shape index (κ1) is 18.3. The van der Waals surface area contributed by atoms with E-state index in [1.54, 1.807) is 31.2 Å². The predicted molar refractivity (Wildman–Crippen MR) is 94.6 cm³/mol. The molecule has 0 radical (unpaired) electrons. The summed E-state index contributed by atoms with van der Waals surface area (Å²) in [4.78, 5) is 23.9. The Bertz CT molecular complexity index is 704. The lowest BCUT2D eigenvalue weighted by Gasteiger charge is -2.18. The molecule has 6 heteroatoms. The van der Waals surface area contributed by atoms with Crippen molar-refractivity contribution in [3.63, 3.8) is 0 Å². The second kappa shape index (κ2) is 9.32. The van der Waals surface area contributed by atoms with Gasteiger partial charge in [-0.3, -0.25) is 4.79 Å². The van der Waals surface area contributed by atoms with Gasteiger partial charge in [0.2, 0.25) is 0 Å². The van der Waals surface area contributed by atoms with Crippen molar-refractivity contribution in [1.82, 2.24) is 5.32 Å². The van der Waals surface area contributed by atoms with Crippen molar-refractivity contribution in [2.45, 2.75) is 26.0 Å². The molecule has 3 N–H and O–H groups in total. The van der Waals surface area contributed by atoms with Gasteiger partial charge in [0.25, 0.3) is 0 Å². The number of hydrogen-bond donors (Lipinski definition) is 2. The molecular weight excluding hydrogens is 320 g/mol. The summed E-state index contributed by atoms with van der Waals surface area (Å²) in [7, 11) is 0. The Morgan fingerprint density at radius 1 is 1.08 bits per heavy atom. The number of nitrogen functional groups attached to an aromatic ring is 1. The number of nitrogens with one attached hydrogen (secondary N) is 1. The molecule has 0 bridgehead atoms. The van der Waals surface area contributed by atoms with Crippen LogP contribution in [0.5, 0.6) is 0 Å². The summed E-state index contributed by atoms with van der Waals surface area (Å²) in [6.07, 6.45) is -0.613. The molecule has 0 saturated carbocycles. The van der Waals surface area contributed by atoms with Crippen LogP contribution in [-0.2, 0) is 20.9 Å². The minimum absolute atomic E-state index is 0.00225. The summed E-state index contributed by atoms with van der Waals surface area (Å²) >= 11 is 0. The number of alkyl carbamates (subject to hydrolysis) is 1. The van der Waals surface area contributed by atoms with Crippen LogP contribution in [0.25, 0.3) is 0 Å². The van der Waals surface area contributed by atoms with E-state index >= 15 is 0 Å². The Labute approximate surface area is 146 Å². The van der Waals surface area contributed by atoms with Gasteiger partial charge in [0.05, 0.1) is 19.1 Å². The quantitative estimate of drug-likeness (QED) is 0.596. The van der Waals surface area contributed by atoms with E-state index in [4.69, 9.17) is 15.2 Å². The molecular formula is C19H22N2O4. The fourth-order valence-electron chi connectivity index (χ4n) is 2.32. The van der Waals surface area contributed by atoms with Crippen molar-refractivity contribution < 1.29 is 19.1 Å². The summed E-state index contributed by atoms with van der Waals surface area (Å²) in [6, 6.07) is 15.8. The third kappa shape index (κ3) is 6.18. The van der Waals surface area contributed by atoms with Crippen LogP contribution in [-0.4, -0.2) is 18.7 Å². The number of carbonyl (C=O) groups excluding carboxylic acids is 2. The zero-order valence-corrected chi connectivity index (χ0v) is 14.1. The van der Waals surface area contributed by atoms with Gasteiger partial charge in [-0.25, -0.2) is 4.79 Å². The molecule has 2 aromatic carbocycles. The van der Waals surface area contributed by atoms with Crippen LogP contribution >= 0.6 is 0 Å². The molecule has 1 unspecified atom stereocenters. The van der Waals surface area contributed by atoms with E-state index in [2.05, 4.69) is 5.32 Å². The van der Waals surface area contributed by atoms with Crippen LogP contribution in [0, 0.1) is 0 Å². The molecule has 1 atom stereocenters. The molecule has 0 heterocycles. The van der Waals surface area contributed by atoms with Gasteiger partial charge in [-0.2, -0.15) is 0 Å². The van der Waals surface area contributed by atoms with E-state index in [1.807, 2.05) is 30.3 Å². The second-order valence-electron chi connectivity index (χ2n) is 5.44. The van der Waals surface area contributed by atoms with Crippen molar-refractivity contribution in [3.8, 4) is 0 Å². The summed E-state index contributed by atoms with van der Waals surface area (Å²) in [6.45, 7) is 2.16. The molecule has 0 fully saturated rings. The molecule has 0 aliphatic rings. The Balaban J connectivity index is 2.01. The van der Waals surface area contributed by atoms with Crippen LogP contribution in [0.4, 0.5) is 10.5 Å². The number of esters is 1. The van der Waals surface area contributed by atoms with E-state index in [9.17, 15) is 9.59 Å². The van der Waals surface area contributed by atoms with Crippen molar-refractivity contribution in [3.05, 3.63) is 65.7 Å². The average Bonchev–Trinajstić information content (AvgIpc) is 2.60. The third-order valence-electron chi connectivity index (χ3n) is 3.49. The lowest BCUT2D eigenvalue weighted by molar-refractivity contribution is -0.143. The molecule has 0 spiro atoms. The molecule has 25 heavy (non-hydrogen) atoms. The molecule has 1 amide bonds. The van der Waals surface area contributed by atoms with Crippen LogP contribution in [0.2, 0.25) is 0 Å². The van der Waals surface area contributed by atoms with Gasteiger partial charge in [0.15, 0.2) is 0 Å². The van der Waals surface area contributed by atoms with Gasteiger partial charge in [0, 0.05) is 5.69 Å². The smallest absolute Gasteiger partial charge is 0.407 e. The first-order chi connectivity index (χ1) is 12.1. The number of hydrogen-bond acceptors (Lipinski definition) is 5. The van der Waals surface area contributed by atoms with Crippen LogP contribution in [0.3, 0.4) is 0 Å². The van der Waals surface area contributed by atoms with E-state index in [-0.39, 0.29) is 19.6 Å². The predicted octanol–water partition coefficient (Wildman–Crippen LogP) is 3.19. The van der Waals surface area contributed by atoms with E-state index in [0.717, 1.165) is 5.56 Å². The lowest BCUT2D eigenvalue weighted by atomic mass is 10.0. The van der Waals surface area contributed by atoms with E-state index in [0.29, 0.717) is 11.3 Å². The minimum atomic E-state index is -0.611. The zero-order chi connectivity index (χ0) is 18.1. The zero-order valence-electron chi connectivity index (χ0n) is 14.1. The van der Waals surface area contributed by atoms with Crippen molar-refractivity contribution >= 4 is 17.7 Å². The van der Waals surface area contributed by atoms with Gasteiger partial charge in [-0.1, -0.05) is 42.5 Å². The van der Waals surface area contributed by atoms with E-state index < -0.39 is 18.1 Å². The number of ether oxygens (including phenoxy) is 2. The third-order valence-corrected chi connectivity index (χ3v) is 3.49. The maximum atomic E-state index is 12.1. The molecule has 0 saturated heterocycles. The van der Waals surface area contributed by atoms with Gasteiger partial charge in [-0.05, 0) is 30.2 Å². The fraction of sp³-hybridized carbons (Fsp3) is 0.263. The number of nitrogens with two attached hydrogens (primary N) is 1.